The first kappa shape index (κ1) is 14.8. The number of nitrogens with two attached hydrogens (primary N) is 1. The molecule has 0 spiro atoms. The fourth-order valence-electron chi connectivity index (χ4n) is 2.87. The van der Waals surface area contributed by atoms with Crippen molar-refractivity contribution >= 4 is 16.5 Å². The van der Waals surface area contributed by atoms with Crippen molar-refractivity contribution in [1.29, 1.82) is 0 Å². The Hall–Kier alpha value is -0.650. The van der Waals surface area contributed by atoms with Crippen molar-refractivity contribution in [3.05, 3.63) is 10.6 Å². The van der Waals surface area contributed by atoms with Gasteiger partial charge >= 0.3 is 0 Å². The lowest BCUT2D eigenvalue weighted by Crippen LogP contribution is -2.34. The van der Waals surface area contributed by atoms with Crippen molar-refractivity contribution in [2.24, 2.45) is 11.7 Å². The molecule has 1 aromatic rings. The maximum absolute atomic E-state index is 5.84. The van der Waals surface area contributed by atoms with Gasteiger partial charge in [0.15, 0.2) is 5.13 Å². The van der Waals surface area contributed by atoms with Gasteiger partial charge in [0.1, 0.15) is 0 Å². The van der Waals surface area contributed by atoms with Gasteiger partial charge in [0.2, 0.25) is 0 Å². The van der Waals surface area contributed by atoms with Crippen LogP contribution in [0.5, 0.6) is 0 Å². The van der Waals surface area contributed by atoms with Gasteiger partial charge in [0, 0.05) is 30.6 Å². The monoisotopic (exact) mass is 282 g/mol. The van der Waals surface area contributed by atoms with Crippen LogP contribution in [0.4, 0.5) is 5.13 Å². The van der Waals surface area contributed by atoms with Crippen molar-refractivity contribution in [2.75, 3.05) is 32.1 Å². The molecule has 0 radical (unpaired) electrons. The molecule has 0 aromatic carbocycles. The molecule has 1 fully saturated rings. The largest absolute Gasteiger partial charge is 0.346 e. The zero-order valence-electron chi connectivity index (χ0n) is 12.5. The molecule has 108 valence electrons. The van der Waals surface area contributed by atoms with E-state index in [1.54, 1.807) is 11.3 Å². The van der Waals surface area contributed by atoms with Crippen molar-refractivity contribution in [1.82, 2.24) is 9.88 Å². The van der Waals surface area contributed by atoms with E-state index in [1.165, 1.54) is 15.7 Å². The fourth-order valence-corrected chi connectivity index (χ4v) is 3.88. The predicted molar refractivity (Wildman–Crippen MR) is 82.9 cm³/mol. The number of aromatic nitrogens is 1. The summed E-state index contributed by atoms with van der Waals surface area (Å²) in [5, 5.41) is 1.17. The molecule has 0 bridgehead atoms. The number of nitrogens with zero attached hydrogens (tertiary/aromatic N) is 3. The summed E-state index contributed by atoms with van der Waals surface area (Å²) in [7, 11) is 4.33. The molecule has 0 saturated carbocycles. The summed E-state index contributed by atoms with van der Waals surface area (Å²) in [5.41, 5.74) is 7.05. The van der Waals surface area contributed by atoms with E-state index in [-0.39, 0.29) is 0 Å². The zero-order valence-corrected chi connectivity index (χ0v) is 13.3. The Bertz CT molecular complexity index is 416. The highest BCUT2D eigenvalue weighted by Gasteiger charge is 2.32. The Kier molecular flexibility index (Phi) is 4.81. The molecule has 4 nitrogen and oxygen atoms in total. The van der Waals surface area contributed by atoms with Gasteiger partial charge in [0.05, 0.1) is 5.69 Å². The molecule has 0 aliphatic carbocycles. The quantitative estimate of drug-likeness (QED) is 0.896. The minimum atomic E-state index is 0.619. The van der Waals surface area contributed by atoms with Crippen LogP contribution in [0.25, 0.3) is 0 Å². The highest BCUT2D eigenvalue weighted by molar-refractivity contribution is 7.15. The third-order valence-electron chi connectivity index (χ3n) is 3.95. The van der Waals surface area contributed by atoms with Gasteiger partial charge in [-0.1, -0.05) is 20.3 Å². The molecule has 1 aromatic heterocycles. The highest BCUT2D eigenvalue weighted by atomic mass is 32.1. The Morgan fingerprint density at radius 2 is 2.16 bits per heavy atom. The van der Waals surface area contributed by atoms with Crippen molar-refractivity contribution < 1.29 is 0 Å². The van der Waals surface area contributed by atoms with E-state index in [2.05, 4.69) is 37.7 Å². The lowest BCUT2D eigenvalue weighted by molar-refractivity contribution is 0.266. The molecule has 1 saturated heterocycles. The second kappa shape index (κ2) is 6.20. The lowest BCUT2D eigenvalue weighted by atomic mass is 10.1. The van der Waals surface area contributed by atoms with E-state index < -0.39 is 0 Å². The summed E-state index contributed by atoms with van der Waals surface area (Å²) in [4.78, 5) is 10.8. The van der Waals surface area contributed by atoms with Gasteiger partial charge in [-0.2, -0.15) is 0 Å². The minimum Gasteiger partial charge on any atom is -0.346 e. The predicted octanol–water partition coefficient (Wildman–Crippen LogP) is 1.94. The first-order valence-corrected chi connectivity index (χ1v) is 7.98. The Morgan fingerprint density at radius 3 is 2.68 bits per heavy atom. The summed E-state index contributed by atoms with van der Waals surface area (Å²) >= 11 is 1.78. The number of anilines is 1. The van der Waals surface area contributed by atoms with E-state index >= 15 is 0 Å². The third-order valence-corrected chi connectivity index (χ3v) is 5.13. The summed E-state index contributed by atoms with van der Waals surface area (Å²) in [5.74, 6) is 0.690. The maximum Gasteiger partial charge on any atom is 0.185 e. The van der Waals surface area contributed by atoms with Crippen LogP contribution in [0.1, 0.15) is 30.8 Å². The molecule has 5 heteroatoms. The molecule has 2 heterocycles. The molecule has 2 atom stereocenters. The van der Waals surface area contributed by atoms with E-state index in [0.29, 0.717) is 18.5 Å². The Morgan fingerprint density at radius 1 is 1.42 bits per heavy atom. The van der Waals surface area contributed by atoms with Crippen molar-refractivity contribution in [3.8, 4) is 0 Å². The molecular formula is C14H26N4S. The van der Waals surface area contributed by atoms with E-state index in [0.717, 1.165) is 25.9 Å². The summed E-state index contributed by atoms with van der Waals surface area (Å²) < 4.78 is 0. The first-order valence-electron chi connectivity index (χ1n) is 7.16. The van der Waals surface area contributed by atoms with Gasteiger partial charge in [-0.05, 0) is 26.4 Å². The van der Waals surface area contributed by atoms with Crippen LogP contribution in [-0.2, 0) is 13.0 Å². The van der Waals surface area contributed by atoms with Crippen LogP contribution < -0.4 is 10.6 Å². The van der Waals surface area contributed by atoms with Crippen LogP contribution in [0.2, 0.25) is 0 Å². The van der Waals surface area contributed by atoms with Gasteiger partial charge < -0.3 is 15.5 Å². The van der Waals surface area contributed by atoms with Gasteiger partial charge in [-0.25, -0.2) is 4.98 Å². The summed E-state index contributed by atoms with van der Waals surface area (Å²) in [6.07, 6.45) is 2.18. The van der Waals surface area contributed by atoms with Gasteiger partial charge in [-0.3, -0.25) is 0 Å². The second-order valence-electron chi connectivity index (χ2n) is 5.73. The molecule has 2 rings (SSSR count). The van der Waals surface area contributed by atoms with Crippen molar-refractivity contribution in [3.63, 3.8) is 0 Å². The second-order valence-corrected chi connectivity index (χ2v) is 6.80. The normalized spacial score (nSPS) is 23.6. The summed E-state index contributed by atoms with van der Waals surface area (Å²) in [6.45, 7) is 7.32. The third kappa shape index (κ3) is 3.09. The van der Waals surface area contributed by atoms with E-state index in [4.69, 9.17) is 10.7 Å². The van der Waals surface area contributed by atoms with Gasteiger partial charge in [0.25, 0.3) is 0 Å². The Balaban J connectivity index is 2.14. The van der Waals surface area contributed by atoms with Crippen LogP contribution in [0.15, 0.2) is 0 Å². The molecular weight excluding hydrogens is 256 g/mol. The SMILES string of the molecule is CCCc1nc(N2CC(C)C(N(C)C)C2)sc1CN. The minimum absolute atomic E-state index is 0.619. The molecule has 1 aliphatic rings. The van der Waals surface area contributed by atoms with Crippen LogP contribution in [-0.4, -0.2) is 43.1 Å². The molecule has 2 N–H and O–H groups in total. The molecule has 1 aliphatic heterocycles. The maximum atomic E-state index is 5.84. The van der Waals surface area contributed by atoms with Crippen molar-refractivity contribution in [2.45, 2.75) is 39.3 Å². The Labute approximate surface area is 120 Å². The number of rotatable bonds is 5. The zero-order chi connectivity index (χ0) is 14.0. The first-order chi connectivity index (χ1) is 9.06. The molecule has 0 amide bonds. The number of thiazole rings is 1. The smallest absolute Gasteiger partial charge is 0.185 e. The average molecular weight is 282 g/mol. The number of hydrogen-bond acceptors (Lipinski definition) is 5. The fraction of sp³-hybridized carbons (Fsp3) is 0.786. The molecule has 2 unspecified atom stereocenters. The topological polar surface area (TPSA) is 45.4 Å². The van der Waals surface area contributed by atoms with E-state index in [9.17, 15) is 0 Å². The van der Waals surface area contributed by atoms with Crippen LogP contribution in [0, 0.1) is 5.92 Å². The highest BCUT2D eigenvalue weighted by Crippen LogP contribution is 2.31. The summed E-state index contributed by atoms with van der Waals surface area (Å²) in [6, 6.07) is 0.625. The number of aryl methyl sites for hydroxylation is 1. The lowest BCUT2D eigenvalue weighted by Gasteiger charge is -2.22. The number of hydrogen-bond donors (Lipinski definition) is 1. The number of likely N-dealkylation sites (N-methyl/N-ethyl adjacent to an activating group) is 1. The average Bonchev–Trinajstić information content (AvgIpc) is 2.93. The standard InChI is InChI=1S/C14H26N4S/c1-5-6-11-13(7-15)19-14(16-11)18-8-10(2)12(9-18)17(3)4/h10,12H,5-9,15H2,1-4H3. The van der Waals surface area contributed by atoms with Crippen LogP contribution in [0.3, 0.4) is 0 Å². The van der Waals surface area contributed by atoms with E-state index in [1.807, 2.05) is 0 Å². The molecule has 19 heavy (non-hydrogen) atoms. The van der Waals surface area contributed by atoms with Gasteiger partial charge in [-0.15, -0.1) is 11.3 Å². The van der Waals surface area contributed by atoms with Crippen LogP contribution >= 0.6 is 11.3 Å².